The molecule has 0 bridgehead atoms. The molecule has 0 radical (unpaired) electrons. The first kappa shape index (κ1) is 12.8. The van der Waals surface area contributed by atoms with E-state index in [2.05, 4.69) is 18.7 Å². The number of nitrogens with zero attached hydrogens (tertiary/aromatic N) is 1. The third-order valence-electron chi connectivity index (χ3n) is 1.86. The predicted octanol–water partition coefficient (Wildman–Crippen LogP) is 1.02. The second-order valence-electron chi connectivity index (χ2n) is 2.82. The zero-order chi connectivity index (χ0) is 10.1. The fourth-order valence-electron chi connectivity index (χ4n) is 0.945. The van der Waals surface area contributed by atoms with Gasteiger partial charge in [-0.15, -0.1) is 0 Å². The summed E-state index contributed by atoms with van der Waals surface area (Å²) in [6, 6.07) is 0. The van der Waals surface area contributed by atoms with Crippen molar-refractivity contribution in [2.24, 2.45) is 5.73 Å². The SMILES string of the molecule is CCN(CC)CC(=S)OCCCN. The summed E-state index contributed by atoms with van der Waals surface area (Å²) < 4.78 is 5.33. The van der Waals surface area contributed by atoms with E-state index in [-0.39, 0.29) is 0 Å². The van der Waals surface area contributed by atoms with Crippen LogP contribution in [0.4, 0.5) is 0 Å². The van der Waals surface area contributed by atoms with Crippen LogP contribution in [-0.4, -0.2) is 42.7 Å². The number of hydrogen-bond acceptors (Lipinski definition) is 4. The minimum absolute atomic E-state index is 0.649. The van der Waals surface area contributed by atoms with Crippen molar-refractivity contribution >= 4 is 17.3 Å². The molecule has 3 nitrogen and oxygen atoms in total. The Bertz CT molecular complexity index is 138. The maximum absolute atomic E-state index is 5.33. The molecule has 0 saturated carbocycles. The Morgan fingerprint density at radius 3 is 2.46 bits per heavy atom. The number of hydrogen-bond donors (Lipinski definition) is 1. The van der Waals surface area contributed by atoms with E-state index in [0.717, 1.165) is 26.1 Å². The van der Waals surface area contributed by atoms with Gasteiger partial charge >= 0.3 is 0 Å². The molecule has 0 spiro atoms. The highest BCUT2D eigenvalue weighted by atomic mass is 32.1. The van der Waals surface area contributed by atoms with Gasteiger partial charge in [0.15, 0.2) is 5.05 Å². The maximum atomic E-state index is 5.33. The highest BCUT2D eigenvalue weighted by Gasteiger charge is 2.03. The fourth-order valence-corrected chi connectivity index (χ4v) is 1.21. The van der Waals surface area contributed by atoms with Gasteiger partial charge in [0.1, 0.15) is 0 Å². The van der Waals surface area contributed by atoms with Crippen LogP contribution in [0.15, 0.2) is 0 Å². The summed E-state index contributed by atoms with van der Waals surface area (Å²) in [7, 11) is 0. The van der Waals surface area contributed by atoms with Crippen LogP contribution in [0, 0.1) is 0 Å². The third-order valence-corrected chi connectivity index (χ3v) is 2.11. The monoisotopic (exact) mass is 204 g/mol. The van der Waals surface area contributed by atoms with E-state index in [1.807, 2.05) is 0 Å². The lowest BCUT2D eigenvalue weighted by Crippen LogP contribution is -2.30. The molecule has 0 aliphatic carbocycles. The van der Waals surface area contributed by atoms with E-state index in [1.54, 1.807) is 0 Å². The number of nitrogens with two attached hydrogens (primary N) is 1. The van der Waals surface area contributed by atoms with Gasteiger partial charge in [-0.1, -0.05) is 13.8 Å². The number of thiocarbonyl (C=S) groups is 1. The minimum atomic E-state index is 0.649. The van der Waals surface area contributed by atoms with E-state index in [0.29, 0.717) is 18.2 Å². The second kappa shape index (κ2) is 8.41. The van der Waals surface area contributed by atoms with Crippen molar-refractivity contribution in [3.8, 4) is 0 Å². The number of likely N-dealkylation sites (N-methyl/N-ethyl adjacent to an activating group) is 1. The molecule has 13 heavy (non-hydrogen) atoms. The summed E-state index contributed by atoms with van der Waals surface area (Å²) in [6.07, 6.45) is 0.873. The molecule has 0 fully saturated rings. The lowest BCUT2D eigenvalue weighted by molar-refractivity contribution is 0.268. The van der Waals surface area contributed by atoms with Gasteiger partial charge < -0.3 is 10.5 Å². The Morgan fingerprint density at radius 1 is 1.38 bits per heavy atom. The molecule has 0 aliphatic rings. The molecule has 0 aromatic heterocycles. The quantitative estimate of drug-likeness (QED) is 0.496. The third kappa shape index (κ3) is 6.93. The Morgan fingerprint density at radius 2 is 2.00 bits per heavy atom. The average Bonchev–Trinajstić information content (AvgIpc) is 2.14. The topological polar surface area (TPSA) is 38.5 Å². The summed E-state index contributed by atoms with van der Waals surface area (Å²) in [4.78, 5) is 2.23. The van der Waals surface area contributed by atoms with Gasteiger partial charge in [-0.3, -0.25) is 4.90 Å². The van der Waals surface area contributed by atoms with E-state index >= 15 is 0 Å². The number of ether oxygens (including phenoxy) is 1. The molecule has 2 N–H and O–H groups in total. The molecule has 0 amide bonds. The molecule has 4 heteroatoms. The molecule has 78 valence electrons. The largest absolute Gasteiger partial charge is 0.486 e. The van der Waals surface area contributed by atoms with Crippen LogP contribution >= 0.6 is 12.2 Å². The Kier molecular flexibility index (Phi) is 8.29. The fraction of sp³-hybridized carbons (Fsp3) is 0.889. The first-order valence-corrected chi connectivity index (χ1v) is 5.23. The van der Waals surface area contributed by atoms with E-state index < -0.39 is 0 Å². The van der Waals surface area contributed by atoms with E-state index in [4.69, 9.17) is 22.7 Å². The standard InChI is InChI=1S/C9H20N2OS/c1-3-11(4-2)8-9(13)12-7-5-6-10/h3-8,10H2,1-2H3. The molecule has 0 rings (SSSR count). The van der Waals surface area contributed by atoms with Crippen LogP contribution in [0.5, 0.6) is 0 Å². The average molecular weight is 204 g/mol. The zero-order valence-corrected chi connectivity index (χ0v) is 9.40. The van der Waals surface area contributed by atoms with Gasteiger partial charge in [-0.2, -0.15) is 0 Å². The molecule has 0 aromatic rings. The maximum Gasteiger partial charge on any atom is 0.173 e. The predicted molar refractivity (Wildman–Crippen MR) is 60.0 cm³/mol. The van der Waals surface area contributed by atoms with Crippen LogP contribution in [0.1, 0.15) is 20.3 Å². The van der Waals surface area contributed by atoms with Crippen molar-refractivity contribution in [3.63, 3.8) is 0 Å². The van der Waals surface area contributed by atoms with Crippen molar-refractivity contribution in [3.05, 3.63) is 0 Å². The lowest BCUT2D eigenvalue weighted by Gasteiger charge is -2.18. The highest BCUT2D eigenvalue weighted by Crippen LogP contribution is 1.92. The van der Waals surface area contributed by atoms with Gasteiger partial charge in [-0.05, 0) is 38.3 Å². The highest BCUT2D eigenvalue weighted by molar-refractivity contribution is 7.80. The molecule has 0 aromatic carbocycles. The van der Waals surface area contributed by atoms with Gasteiger partial charge in [0.05, 0.1) is 13.2 Å². The Hall–Kier alpha value is -0.190. The minimum Gasteiger partial charge on any atom is -0.486 e. The van der Waals surface area contributed by atoms with Gasteiger partial charge in [0.2, 0.25) is 0 Å². The van der Waals surface area contributed by atoms with Gasteiger partial charge in [0, 0.05) is 0 Å². The number of rotatable bonds is 7. The molecule has 0 unspecified atom stereocenters. The van der Waals surface area contributed by atoms with Crippen molar-refractivity contribution in [2.45, 2.75) is 20.3 Å². The molecular formula is C9H20N2OS. The van der Waals surface area contributed by atoms with Crippen LogP contribution in [-0.2, 0) is 4.74 Å². The van der Waals surface area contributed by atoms with Crippen LogP contribution < -0.4 is 5.73 Å². The van der Waals surface area contributed by atoms with Gasteiger partial charge in [0.25, 0.3) is 0 Å². The van der Waals surface area contributed by atoms with Crippen LogP contribution in [0.2, 0.25) is 0 Å². The van der Waals surface area contributed by atoms with Crippen molar-refractivity contribution < 1.29 is 4.74 Å². The van der Waals surface area contributed by atoms with E-state index in [1.165, 1.54) is 0 Å². The van der Waals surface area contributed by atoms with Crippen LogP contribution in [0.25, 0.3) is 0 Å². The smallest absolute Gasteiger partial charge is 0.173 e. The molecule has 0 aliphatic heterocycles. The summed E-state index contributed by atoms with van der Waals surface area (Å²) in [5.74, 6) is 0. The first-order valence-electron chi connectivity index (χ1n) is 4.82. The molecule has 0 saturated heterocycles. The van der Waals surface area contributed by atoms with Gasteiger partial charge in [-0.25, -0.2) is 0 Å². The van der Waals surface area contributed by atoms with Crippen molar-refractivity contribution in [1.29, 1.82) is 0 Å². The summed E-state index contributed by atoms with van der Waals surface area (Å²) in [5.41, 5.74) is 5.33. The van der Waals surface area contributed by atoms with Crippen molar-refractivity contribution in [1.82, 2.24) is 4.90 Å². The summed E-state index contributed by atoms with van der Waals surface area (Å²) >= 11 is 5.07. The second-order valence-corrected chi connectivity index (χ2v) is 3.28. The van der Waals surface area contributed by atoms with E-state index in [9.17, 15) is 0 Å². The van der Waals surface area contributed by atoms with Crippen molar-refractivity contribution in [2.75, 3.05) is 32.8 Å². The zero-order valence-electron chi connectivity index (χ0n) is 8.58. The summed E-state index contributed by atoms with van der Waals surface area (Å²) in [6.45, 7) is 8.32. The lowest BCUT2D eigenvalue weighted by atomic mass is 10.4. The summed E-state index contributed by atoms with van der Waals surface area (Å²) in [5, 5.41) is 0.678. The molecular weight excluding hydrogens is 184 g/mol. The van der Waals surface area contributed by atoms with Crippen LogP contribution in [0.3, 0.4) is 0 Å². The Balaban J connectivity index is 3.48. The first-order chi connectivity index (χ1) is 6.24. The Labute approximate surface area is 86.2 Å². The molecule has 0 atom stereocenters. The molecule has 0 heterocycles. The normalized spacial score (nSPS) is 10.5.